The van der Waals surface area contributed by atoms with Crippen LogP contribution in [0.3, 0.4) is 0 Å². The Morgan fingerprint density at radius 3 is 1.25 bits per heavy atom. The van der Waals surface area contributed by atoms with Gasteiger partial charge in [-0.25, -0.2) is 0 Å². The third-order valence-electron chi connectivity index (χ3n) is 5.09. The van der Waals surface area contributed by atoms with Crippen molar-refractivity contribution in [3.8, 4) is 11.1 Å². The van der Waals surface area contributed by atoms with Crippen LogP contribution in [0.1, 0.15) is 11.1 Å². The SMILES string of the molecule is Bc1ccc(N(c2ccc(C)cc2)c2ccc(-c3ccc(C)cc3)cc2)cc1. The minimum absolute atomic E-state index is 1.16. The molecule has 0 bridgehead atoms. The Labute approximate surface area is 168 Å². The van der Waals surface area contributed by atoms with Gasteiger partial charge in [-0.1, -0.05) is 77.3 Å². The van der Waals surface area contributed by atoms with Crippen molar-refractivity contribution in [1.82, 2.24) is 0 Å². The highest BCUT2D eigenvalue weighted by atomic mass is 15.1. The van der Waals surface area contributed by atoms with Crippen LogP contribution < -0.4 is 10.4 Å². The summed E-state index contributed by atoms with van der Waals surface area (Å²) in [5.41, 5.74) is 9.78. The molecule has 0 spiro atoms. The highest BCUT2D eigenvalue weighted by Gasteiger charge is 2.12. The van der Waals surface area contributed by atoms with Crippen LogP contribution in [0.5, 0.6) is 0 Å². The van der Waals surface area contributed by atoms with Gasteiger partial charge >= 0.3 is 0 Å². The summed E-state index contributed by atoms with van der Waals surface area (Å²) in [5, 5.41) is 0. The predicted octanol–water partition coefficient (Wildman–Crippen LogP) is 5.70. The molecule has 0 unspecified atom stereocenters. The van der Waals surface area contributed by atoms with Gasteiger partial charge in [0.2, 0.25) is 0 Å². The highest BCUT2D eigenvalue weighted by Crippen LogP contribution is 2.35. The third kappa shape index (κ3) is 3.87. The molecule has 0 fully saturated rings. The van der Waals surface area contributed by atoms with Crippen molar-refractivity contribution >= 4 is 30.4 Å². The summed E-state index contributed by atoms with van der Waals surface area (Å²) < 4.78 is 0. The molecule has 0 saturated carbocycles. The summed E-state index contributed by atoms with van der Waals surface area (Å²) in [6.07, 6.45) is 0. The average molecular weight is 361 g/mol. The van der Waals surface area contributed by atoms with Gasteiger partial charge in [-0.2, -0.15) is 0 Å². The highest BCUT2D eigenvalue weighted by molar-refractivity contribution is 6.32. The van der Waals surface area contributed by atoms with E-state index >= 15 is 0 Å². The van der Waals surface area contributed by atoms with Gasteiger partial charge in [0.25, 0.3) is 0 Å². The Morgan fingerprint density at radius 2 is 0.786 bits per heavy atom. The number of benzene rings is 4. The lowest BCUT2D eigenvalue weighted by atomic mass is 9.96. The molecule has 4 aromatic rings. The second-order valence-corrected chi connectivity index (χ2v) is 7.42. The number of nitrogens with zero attached hydrogens (tertiary/aromatic N) is 1. The Bertz CT molecular complexity index is 1000. The van der Waals surface area contributed by atoms with E-state index in [4.69, 9.17) is 0 Å². The lowest BCUT2D eigenvalue weighted by Crippen LogP contribution is -2.11. The zero-order valence-electron chi connectivity index (χ0n) is 16.7. The van der Waals surface area contributed by atoms with Gasteiger partial charge in [0, 0.05) is 17.1 Å². The molecule has 0 heterocycles. The van der Waals surface area contributed by atoms with Gasteiger partial charge < -0.3 is 4.90 Å². The van der Waals surface area contributed by atoms with E-state index in [2.05, 4.69) is 124 Å². The summed E-state index contributed by atoms with van der Waals surface area (Å²) >= 11 is 0. The van der Waals surface area contributed by atoms with Gasteiger partial charge in [-0.3, -0.25) is 0 Å². The van der Waals surface area contributed by atoms with E-state index in [1.54, 1.807) is 0 Å². The number of hydrogen-bond acceptors (Lipinski definition) is 1. The molecule has 4 rings (SSSR count). The maximum atomic E-state index is 2.30. The second kappa shape index (κ2) is 7.78. The average Bonchev–Trinajstić information content (AvgIpc) is 2.72. The molecule has 0 aliphatic heterocycles. The summed E-state index contributed by atoms with van der Waals surface area (Å²) in [4.78, 5) is 2.30. The molecule has 4 aromatic carbocycles. The van der Waals surface area contributed by atoms with Crippen LogP contribution in [0.4, 0.5) is 17.1 Å². The van der Waals surface area contributed by atoms with Gasteiger partial charge in [-0.05, 0) is 61.4 Å². The Balaban J connectivity index is 1.74. The van der Waals surface area contributed by atoms with Crippen molar-refractivity contribution in [3.63, 3.8) is 0 Å². The van der Waals surface area contributed by atoms with E-state index in [0.29, 0.717) is 0 Å². The maximum absolute atomic E-state index is 2.30. The van der Waals surface area contributed by atoms with Crippen LogP contribution in [0, 0.1) is 13.8 Å². The van der Waals surface area contributed by atoms with E-state index in [9.17, 15) is 0 Å². The third-order valence-corrected chi connectivity index (χ3v) is 5.09. The van der Waals surface area contributed by atoms with E-state index < -0.39 is 0 Å². The first-order valence-corrected chi connectivity index (χ1v) is 9.71. The fourth-order valence-corrected chi connectivity index (χ4v) is 3.38. The summed E-state index contributed by atoms with van der Waals surface area (Å²) in [7, 11) is 2.12. The number of hydrogen-bond donors (Lipinski definition) is 0. The minimum Gasteiger partial charge on any atom is -0.311 e. The van der Waals surface area contributed by atoms with E-state index in [-0.39, 0.29) is 0 Å². The van der Waals surface area contributed by atoms with Crippen molar-refractivity contribution in [2.45, 2.75) is 13.8 Å². The van der Waals surface area contributed by atoms with Crippen LogP contribution in [0.2, 0.25) is 0 Å². The number of rotatable bonds is 4. The zero-order valence-corrected chi connectivity index (χ0v) is 16.7. The van der Waals surface area contributed by atoms with Gasteiger partial charge in [0.15, 0.2) is 0 Å². The largest absolute Gasteiger partial charge is 0.311 e. The Morgan fingerprint density at radius 1 is 0.464 bits per heavy atom. The lowest BCUT2D eigenvalue weighted by Gasteiger charge is -2.26. The van der Waals surface area contributed by atoms with Crippen molar-refractivity contribution in [3.05, 3.63) is 108 Å². The molecule has 0 saturated heterocycles. The molecule has 0 amide bonds. The molecule has 1 nitrogen and oxygen atoms in total. The Kier molecular flexibility index (Phi) is 5.03. The van der Waals surface area contributed by atoms with Crippen molar-refractivity contribution in [1.29, 1.82) is 0 Å². The molecular formula is C26H24BN. The van der Waals surface area contributed by atoms with Gasteiger partial charge in [0.05, 0.1) is 0 Å². The fraction of sp³-hybridized carbons (Fsp3) is 0.0769. The van der Waals surface area contributed by atoms with E-state index in [0.717, 1.165) is 17.1 Å². The first-order chi connectivity index (χ1) is 13.6. The smallest absolute Gasteiger partial charge is 0.139 e. The molecule has 28 heavy (non-hydrogen) atoms. The summed E-state index contributed by atoms with van der Waals surface area (Å²) in [6.45, 7) is 4.24. The number of anilines is 3. The standard InChI is InChI=1S/C26H24BN/c1-19-3-7-21(8-4-19)22-9-15-25(16-10-22)28(24-13-5-20(2)6-14-24)26-17-11-23(27)12-18-26/h3-18H,27H2,1-2H3. The van der Waals surface area contributed by atoms with Gasteiger partial charge in [0.1, 0.15) is 7.85 Å². The predicted molar refractivity (Wildman–Crippen MR) is 124 cm³/mol. The second-order valence-electron chi connectivity index (χ2n) is 7.42. The van der Waals surface area contributed by atoms with Crippen LogP contribution in [-0.2, 0) is 0 Å². The summed E-state index contributed by atoms with van der Waals surface area (Å²) in [6, 6.07) is 34.9. The molecule has 0 N–H and O–H groups in total. The molecule has 0 radical (unpaired) electrons. The zero-order chi connectivity index (χ0) is 19.5. The molecular weight excluding hydrogens is 337 g/mol. The molecule has 2 heteroatoms. The Hall–Kier alpha value is -3.26. The van der Waals surface area contributed by atoms with E-state index in [1.807, 2.05) is 0 Å². The number of aryl methyl sites for hydroxylation is 2. The van der Waals surface area contributed by atoms with Crippen LogP contribution >= 0.6 is 0 Å². The fourth-order valence-electron chi connectivity index (χ4n) is 3.38. The lowest BCUT2D eigenvalue weighted by molar-refractivity contribution is 1.28. The van der Waals surface area contributed by atoms with Crippen molar-refractivity contribution in [2.24, 2.45) is 0 Å². The normalized spacial score (nSPS) is 10.6. The topological polar surface area (TPSA) is 3.24 Å². The minimum atomic E-state index is 1.16. The monoisotopic (exact) mass is 361 g/mol. The first kappa shape index (κ1) is 18.1. The van der Waals surface area contributed by atoms with Crippen molar-refractivity contribution in [2.75, 3.05) is 4.90 Å². The van der Waals surface area contributed by atoms with E-state index in [1.165, 1.54) is 27.7 Å². The summed E-state index contributed by atoms with van der Waals surface area (Å²) in [5.74, 6) is 0. The van der Waals surface area contributed by atoms with Crippen molar-refractivity contribution < 1.29 is 0 Å². The molecule has 0 atom stereocenters. The molecule has 0 aliphatic carbocycles. The first-order valence-electron chi connectivity index (χ1n) is 9.71. The molecule has 0 aromatic heterocycles. The maximum Gasteiger partial charge on any atom is 0.139 e. The van der Waals surface area contributed by atoms with Gasteiger partial charge in [-0.15, -0.1) is 0 Å². The quantitative estimate of drug-likeness (QED) is 0.422. The van der Waals surface area contributed by atoms with Crippen LogP contribution in [-0.4, -0.2) is 7.85 Å². The van der Waals surface area contributed by atoms with Crippen LogP contribution in [0.15, 0.2) is 97.1 Å². The van der Waals surface area contributed by atoms with Crippen LogP contribution in [0.25, 0.3) is 11.1 Å². The molecule has 136 valence electrons. The molecule has 0 aliphatic rings.